The molecule has 0 spiro atoms. The molecule has 0 radical (unpaired) electrons. The average molecular weight is 269 g/mol. The number of ether oxygens (including phenoxy) is 1. The predicted octanol–water partition coefficient (Wildman–Crippen LogP) is 4.18. The summed E-state index contributed by atoms with van der Waals surface area (Å²) in [6, 6.07) is 21.4. The van der Waals surface area contributed by atoms with Crippen LogP contribution in [-0.4, -0.2) is 12.2 Å². The first-order valence-corrected chi connectivity index (χ1v) is 7.08. The molecule has 0 atom stereocenters. The molecular formula is C18H23NO. The van der Waals surface area contributed by atoms with Crippen molar-refractivity contribution >= 4 is 0 Å². The summed E-state index contributed by atoms with van der Waals surface area (Å²) in [7, 11) is 0. The van der Waals surface area contributed by atoms with Gasteiger partial charge in [-0.15, -0.1) is 0 Å². The van der Waals surface area contributed by atoms with Crippen LogP contribution in [-0.2, 0) is 17.6 Å². The molecule has 2 aromatic rings. The lowest BCUT2D eigenvalue weighted by Crippen LogP contribution is -2.33. The number of hydrogen-bond acceptors (Lipinski definition) is 2. The molecule has 1 heterocycles. The Balaban J connectivity index is 0.00000147. The van der Waals surface area contributed by atoms with Gasteiger partial charge in [0.2, 0.25) is 0 Å². The zero-order chi connectivity index (χ0) is 13.0. The third kappa shape index (κ3) is 3.47. The van der Waals surface area contributed by atoms with Crippen molar-refractivity contribution in [2.75, 3.05) is 6.61 Å². The molecule has 0 saturated carbocycles. The van der Waals surface area contributed by atoms with Gasteiger partial charge in [-0.05, 0) is 24.0 Å². The Morgan fingerprint density at radius 2 is 1.30 bits per heavy atom. The summed E-state index contributed by atoms with van der Waals surface area (Å²) in [5.74, 6) is 0. The molecule has 2 nitrogen and oxygen atoms in total. The van der Waals surface area contributed by atoms with Gasteiger partial charge in [0, 0.05) is 19.4 Å². The van der Waals surface area contributed by atoms with Gasteiger partial charge in [0.1, 0.15) is 0 Å². The highest BCUT2D eigenvalue weighted by atomic mass is 16.5. The van der Waals surface area contributed by atoms with E-state index in [1.54, 1.807) is 0 Å². The van der Waals surface area contributed by atoms with E-state index in [1.807, 2.05) is 0 Å². The van der Waals surface area contributed by atoms with E-state index >= 15 is 0 Å². The first kappa shape index (κ1) is 14.8. The Labute approximate surface area is 121 Å². The van der Waals surface area contributed by atoms with Gasteiger partial charge >= 0.3 is 0 Å². The minimum Gasteiger partial charge on any atom is -0.374 e. The van der Waals surface area contributed by atoms with Crippen molar-refractivity contribution in [2.45, 2.75) is 31.3 Å². The second kappa shape index (κ2) is 6.69. The molecule has 2 heteroatoms. The van der Waals surface area contributed by atoms with E-state index in [-0.39, 0.29) is 11.8 Å². The van der Waals surface area contributed by atoms with Crippen LogP contribution in [0.4, 0.5) is 0 Å². The summed E-state index contributed by atoms with van der Waals surface area (Å²) >= 11 is 0. The molecule has 0 unspecified atom stereocenters. The van der Waals surface area contributed by atoms with E-state index in [0.29, 0.717) is 0 Å². The molecular weight excluding hydrogens is 246 g/mol. The molecule has 1 saturated heterocycles. The van der Waals surface area contributed by atoms with Crippen molar-refractivity contribution in [1.82, 2.24) is 6.15 Å². The van der Waals surface area contributed by atoms with Crippen LogP contribution in [0.3, 0.4) is 0 Å². The molecule has 1 fully saturated rings. The highest BCUT2D eigenvalue weighted by Crippen LogP contribution is 2.33. The van der Waals surface area contributed by atoms with Gasteiger partial charge in [-0.25, -0.2) is 0 Å². The van der Waals surface area contributed by atoms with Gasteiger partial charge in [0.25, 0.3) is 0 Å². The van der Waals surface area contributed by atoms with Crippen molar-refractivity contribution in [3.8, 4) is 0 Å². The molecule has 0 amide bonds. The standard InChI is InChI=1S/C18H20O.H3N/c1-3-8-16(9-4-1)14-18(12-7-13-19-18)15-17-10-5-2-6-11-17;/h1-6,8-11H,7,12-15H2;1H3. The van der Waals surface area contributed by atoms with Crippen molar-refractivity contribution in [1.29, 1.82) is 0 Å². The van der Waals surface area contributed by atoms with Crippen LogP contribution in [0.15, 0.2) is 60.7 Å². The second-order valence-corrected chi connectivity index (χ2v) is 5.46. The smallest absolute Gasteiger partial charge is 0.0763 e. The lowest BCUT2D eigenvalue weighted by molar-refractivity contribution is 0.00487. The third-order valence-electron chi connectivity index (χ3n) is 3.92. The molecule has 3 rings (SSSR count). The summed E-state index contributed by atoms with van der Waals surface area (Å²) in [5, 5.41) is 0. The monoisotopic (exact) mass is 269 g/mol. The largest absolute Gasteiger partial charge is 0.374 e. The summed E-state index contributed by atoms with van der Waals surface area (Å²) in [6.07, 6.45) is 4.38. The normalized spacial score (nSPS) is 16.6. The molecule has 0 aromatic heterocycles. The van der Waals surface area contributed by atoms with Crippen LogP contribution in [0.5, 0.6) is 0 Å². The van der Waals surface area contributed by atoms with Gasteiger partial charge in [0.15, 0.2) is 0 Å². The Hall–Kier alpha value is -1.64. The fraction of sp³-hybridized carbons (Fsp3) is 0.333. The molecule has 20 heavy (non-hydrogen) atoms. The van der Waals surface area contributed by atoms with E-state index in [4.69, 9.17) is 4.74 Å². The molecule has 2 aromatic carbocycles. The molecule has 106 valence electrons. The van der Waals surface area contributed by atoms with E-state index in [2.05, 4.69) is 60.7 Å². The Bertz CT molecular complexity index is 460. The van der Waals surface area contributed by atoms with Crippen molar-refractivity contribution in [3.05, 3.63) is 71.8 Å². The van der Waals surface area contributed by atoms with Crippen LogP contribution < -0.4 is 6.15 Å². The summed E-state index contributed by atoms with van der Waals surface area (Å²) < 4.78 is 6.15. The van der Waals surface area contributed by atoms with Crippen LogP contribution in [0, 0.1) is 0 Å². The topological polar surface area (TPSA) is 44.2 Å². The molecule has 1 aliphatic rings. The molecule has 1 aliphatic heterocycles. The SMILES string of the molecule is N.c1ccc(CC2(Cc3ccccc3)CCCO2)cc1. The summed E-state index contributed by atoms with van der Waals surface area (Å²) in [6.45, 7) is 0.902. The van der Waals surface area contributed by atoms with Crippen molar-refractivity contribution in [2.24, 2.45) is 0 Å². The zero-order valence-corrected chi connectivity index (χ0v) is 11.9. The third-order valence-corrected chi connectivity index (χ3v) is 3.92. The van der Waals surface area contributed by atoms with Gasteiger partial charge in [-0.3, -0.25) is 0 Å². The average Bonchev–Trinajstić information content (AvgIpc) is 2.89. The number of benzene rings is 2. The van der Waals surface area contributed by atoms with Crippen molar-refractivity contribution < 1.29 is 4.74 Å². The Morgan fingerprint density at radius 3 is 1.70 bits per heavy atom. The van der Waals surface area contributed by atoms with E-state index in [9.17, 15) is 0 Å². The predicted molar refractivity (Wildman–Crippen MR) is 83.2 cm³/mol. The maximum Gasteiger partial charge on any atom is 0.0763 e. The van der Waals surface area contributed by atoms with Gasteiger partial charge in [-0.2, -0.15) is 0 Å². The lowest BCUT2D eigenvalue weighted by Gasteiger charge is -2.29. The fourth-order valence-electron chi connectivity index (χ4n) is 3.03. The summed E-state index contributed by atoms with van der Waals surface area (Å²) in [5.41, 5.74) is 2.75. The van der Waals surface area contributed by atoms with E-state index in [0.717, 1.165) is 25.9 Å². The first-order valence-electron chi connectivity index (χ1n) is 7.08. The van der Waals surface area contributed by atoms with E-state index < -0.39 is 0 Å². The molecule has 0 aliphatic carbocycles. The first-order chi connectivity index (χ1) is 9.36. The highest BCUT2D eigenvalue weighted by Gasteiger charge is 2.35. The Morgan fingerprint density at radius 1 is 0.800 bits per heavy atom. The van der Waals surface area contributed by atoms with Crippen LogP contribution in [0.25, 0.3) is 0 Å². The van der Waals surface area contributed by atoms with Gasteiger partial charge < -0.3 is 10.9 Å². The fourth-order valence-corrected chi connectivity index (χ4v) is 3.03. The molecule has 3 N–H and O–H groups in total. The van der Waals surface area contributed by atoms with Crippen LogP contribution in [0.1, 0.15) is 24.0 Å². The lowest BCUT2D eigenvalue weighted by atomic mass is 9.86. The maximum absolute atomic E-state index is 6.15. The Kier molecular flexibility index (Phi) is 4.94. The van der Waals surface area contributed by atoms with Gasteiger partial charge in [-0.1, -0.05) is 60.7 Å². The maximum atomic E-state index is 6.15. The minimum atomic E-state index is 0. The van der Waals surface area contributed by atoms with Crippen LogP contribution >= 0.6 is 0 Å². The number of rotatable bonds is 4. The molecule has 0 bridgehead atoms. The summed E-state index contributed by atoms with van der Waals surface area (Å²) in [4.78, 5) is 0. The quantitative estimate of drug-likeness (QED) is 0.904. The zero-order valence-electron chi connectivity index (χ0n) is 11.9. The second-order valence-electron chi connectivity index (χ2n) is 5.46. The van der Waals surface area contributed by atoms with Gasteiger partial charge in [0.05, 0.1) is 5.60 Å². The minimum absolute atomic E-state index is 0. The highest BCUT2D eigenvalue weighted by molar-refractivity contribution is 5.22. The van der Waals surface area contributed by atoms with Crippen LogP contribution in [0.2, 0.25) is 0 Å². The van der Waals surface area contributed by atoms with Crippen molar-refractivity contribution in [3.63, 3.8) is 0 Å². The number of hydrogen-bond donors (Lipinski definition) is 1. The van der Waals surface area contributed by atoms with E-state index in [1.165, 1.54) is 17.5 Å².